The van der Waals surface area contributed by atoms with Crippen LogP contribution in [0, 0.1) is 0 Å². The first kappa shape index (κ1) is 12.2. The highest BCUT2D eigenvalue weighted by molar-refractivity contribution is 5.51. The number of hydrogen-bond acceptors (Lipinski definition) is 4. The smallest absolute Gasteiger partial charge is 0.161 e. The van der Waals surface area contributed by atoms with Crippen molar-refractivity contribution in [2.75, 3.05) is 21.3 Å². The monoisotopic (exact) mass is 237 g/mol. The summed E-state index contributed by atoms with van der Waals surface area (Å²) in [5.74, 6) is 1.44. The predicted molar refractivity (Wildman–Crippen MR) is 65.4 cm³/mol. The Morgan fingerprint density at radius 1 is 1.12 bits per heavy atom. The lowest BCUT2D eigenvalue weighted by Crippen LogP contribution is -2.21. The van der Waals surface area contributed by atoms with Gasteiger partial charge in [0.15, 0.2) is 11.5 Å². The number of methoxy groups -OCH3 is 3. The Morgan fingerprint density at radius 2 is 1.71 bits per heavy atom. The lowest BCUT2D eigenvalue weighted by molar-refractivity contribution is 0.183. The van der Waals surface area contributed by atoms with Crippen molar-refractivity contribution in [2.45, 2.75) is 25.0 Å². The number of ether oxygens (including phenoxy) is 3. The van der Waals surface area contributed by atoms with E-state index < -0.39 is 0 Å². The molecule has 0 heterocycles. The van der Waals surface area contributed by atoms with Gasteiger partial charge in [0.1, 0.15) is 0 Å². The van der Waals surface area contributed by atoms with Crippen LogP contribution in [0.2, 0.25) is 0 Å². The van der Waals surface area contributed by atoms with Crippen molar-refractivity contribution < 1.29 is 14.2 Å². The molecule has 2 N–H and O–H groups in total. The van der Waals surface area contributed by atoms with E-state index in [1.54, 1.807) is 21.3 Å². The van der Waals surface area contributed by atoms with Crippen LogP contribution in [0.25, 0.3) is 0 Å². The van der Waals surface area contributed by atoms with Gasteiger partial charge in [-0.15, -0.1) is 0 Å². The standard InChI is InChI=1S/C13H19NO3/c1-15-8-9-6-11(16-2)12(17-3)7-10(9)13(14)4-5-13/h6-7H,4-5,8,14H2,1-3H3. The van der Waals surface area contributed by atoms with Gasteiger partial charge in [-0.25, -0.2) is 0 Å². The van der Waals surface area contributed by atoms with E-state index in [0.717, 1.165) is 29.7 Å². The van der Waals surface area contributed by atoms with Crippen molar-refractivity contribution in [3.8, 4) is 11.5 Å². The second kappa shape index (κ2) is 4.55. The Bertz CT molecular complexity index is 413. The van der Waals surface area contributed by atoms with Gasteiger partial charge in [0.05, 0.1) is 20.8 Å². The molecule has 0 aromatic heterocycles. The maximum Gasteiger partial charge on any atom is 0.161 e. The molecule has 4 heteroatoms. The molecule has 1 aromatic carbocycles. The second-order valence-electron chi connectivity index (χ2n) is 4.45. The fraction of sp³-hybridized carbons (Fsp3) is 0.538. The molecule has 94 valence electrons. The highest BCUT2D eigenvalue weighted by atomic mass is 16.5. The van der Waals surface area contributed by atoms with Gasteiger partial charge in [-0.1, -0.05) is 0 Å². The number of nitrogens with two attached hydrogens (primary N) is 1. The summed E-state index contributed by atoms with van der Waals surface area (Å²) < 4.78 is 15.8. The van der Waals surface area contributed by atoms with Crippen molar-refractivity contribution >= 4 is 0 Å². The minimum atomic E-state index is -0.201. The van der Waals surface area contributed by atoms with Crippen molar-refractivity contribution in [3.63, 3.8) is 0 Å². The quantitative estimate of drug-likeness (QED) is 0.848. The molecule has 1 saturated carbocycles. The van der Waals surface area contributed by atoms with Crippen molar-refractivity contribution in [2.24, 2.45) is 5.73 Å². The van der Waals surface area contributed by atoms with Gasteiger partial charge in [-0.05, 0) is 36.1 Å². The van der Waals surface area contributed by atoms with E-state index in [2.05, 4.69) is 0 Å². The molecule has 0 radical (unpaired) electrons. The van der Waals surface area contributed by atoms with Crippen molar-refractivity contribution in [1.29, 1.82) is 0 Å². The highest BCUT2D eigenvalue weighted by Gasteiger charge is 2.42. The van der Waals surface area contributed by atoms with Gasteiger partial charge in [0, 0.05) is 12.6 Å². The zero-order valence-corrected chi connectivity index (χ0v) is 10.6. The summed E-state index contributed by atoms with van der Waals surface area (Å²) in [4.78, 5) is 0. The summed E-state index contributed by atoms with van der Waals surface area (Å²) in [5, 5.41) is 0. The Hall–Kier alpha value is -1.26. The Balaban J connectivity index is 2.47. The number of rotatable bonds is 5. The molecule has 1 aliphatic rings. The molecular weight excluding hydrogens is 218 g/mol. The van der Waals surface area contributed by atoms with Gasteiger partial charge >= 0.3 is 0 Å². The van der Waals surface area contributed by atoms with E-state index in [1.807, 2.05) is 12.1 Å². The van der Waals surface area contributed by atoms with Crippen LogP contribution >= 0.6 is 0 Å². The normalized spacial score (nSPS) is 16.7. The largest absolute Gasteiger partial charge is 0.493 e. The molecule has 1 aromatic rings. The summed E-state index contributed by atoms with van der Waals surface area (Å²) in [5.41, 5.74) is 8.24. The van der Waals surface area contributed by atoms with Gasteiger partial charge in [0.2, 0.25) is 0 Å². The van der Waals surface area contributed by atoms with E-state index in [1.165, 1.54) is 0 Å². The molecule has 0 bridgehead atoms. The highest BCUT2D eigenvalue weighted by Crippen LogP contribution is 2.47. The average molecular weight is 237 g/mol. The van der Waals surface area contributed by atoms with Crippen LogP contribution in [0.4, 0.5) is 0 Å². The van der Waals surface area contributed by atoms with E-state index in [-0.39, 0.29) is 5.54 Å². The third kappa shape index (κ3) is 2.23. The molecule has 2 rings (SSSR count). The number of benzene rings is 1. The lowest BCUT2D eigenvalue weighted by Gasteiger charge is -2.18. The summed E-state index contributed by atoms with van der Waals surface area (Å²) in [7, 11) is 4.94. The van der Waals surface area contributed by atoms with Gasteiger partial charge in [-0.2, -0.15) is 0 Å². The fourth-order valence-corrected chi connectivity index (χ4v) is 2.06. The van der Waals surface area contributed by atoms with Gasteiger partial charge in [-0.3, -0.25) is 0 Å². The fourth-order valence-electron chi connectivity index (χ4n) is 2.06. The Kier molecular flexibility index (Phi) is 3.26. The first-order chi connectivity index (χ1) is 8.14. The van der Waals surface area contributed by atoms with Gasteiger partial charge in [0.25, 0.3) is 0 Å². The van der Waals surface area contributed by atoms with Crippen molar-refractivity contribution in [1.82, 2.24) is 0 Å². The molecule has 0 unspecified atom stereocenters. The maximum absolute atomic E-state index is 6.26. The molecule has 4 nitrogen and oxygen atoms in total. The topological polar surface area (TPSA) is 53.7 Å². The van der Waals surface area contributed by atoms with Gasteiger partial charge < -0.3 is 19.9 Å². The maximum atomic E-state index is 6.26. The lowest BCUT2D eigenvalue weighted by atomic mass is 9.98. The Labute approximate surface area is 102 Å². The molecule has 0 aliphatic heterocycles. The van der Waals surface area contributed by atoms with E-state index in [9.17, 15) is 0 Å². The second-order valence-corrected chi connectivity index (χ2v) is 4.45. The van der Waals surface area contributed by atoms with Crippen LogP contribution in [-0.4, -0.2) is 21.3 Å². The Morgan fingerprint density at radius 3 is 2.18 bits per heavy atom. The van der Waals surface area contributed by atoms with Crippen LogP contribution in [0.1, 0.15) is 24.0 Å². The minimum absolute atomic E-state index is 0.201. The molecule has 0 spiro atoms. The zero-order chi connectivity index (χ0) is 12.5. The first-order valence-corrected chi connectivity index (χ1v) is 5.68. The molecule has 0 atom stereocenters. The first-order valence-electron chi connectivity index (χ1n) is 5.68. The third-order valence-corrected chi connectivity index (χ3v) is 3.23. The molecule has 0 saturated heterocycles. The van der Waals surface area contributed by atoms with Crippen LogP contribution < -0.4 is 15.2 Å². The van der Waals surface area contributed by atoms with E-state index in [4.69, 9.17) is 19.9 Å². The SMILES string of the molecule is COCc1cc(OC)c(OC)cc1C1(N)CC1. The predicted octanol–water partition coefficient (Wildman–Crippen LogP) is 1.80. The molecular formula is C13H19NO3. The molecule has 1 fully saturated rings. The van der Waals surface area contributed by atoms with E-state index in [0.29, 0.717) is 12.4 Å². The molecule has 17 heavy (non-hydrogen) atoms. The third-order valence-electron chi connectivity index (χ3n) is 3.23. The zero-order valence-electron chi connectivity index (χ0n) is 10.6. The minimum Gasteiger partial charge on any atom is -0.493 e. The summed E-state index contributed by atoms with van der Waals surface area (Å²) in [6.07, 6.45) is 2.03. The van der Waals surface area contributed by atoms with Crippen LogP contribution in [0.3, 0.4) is 0 Å². The summed E-state index contributed by atoms with van der Waals surface area (Å²) in [6.45, 7) is 0.536. The summed E-state index contributed by atoms with van der Waals surface area (Å²) in [6, 6.07) is 3.92. The molecule has 0 amide bonds. The average Bonchev–Trinajstić information content (AvgIpc) is 3.08. The van der Waals surface area contributed by atoms with Crippen molar-refractivity contribution in [3.05, 3.63) is 23.3 Å². The molecule has 1 aliphatic carbocycles. The number of hydrogen-bond donors (Lipinski definition) is 1. The van der Waals surface area contributed by atoms with Crippen LogP contribution in [-0.2, 0) is 16.9 Å². The van der Waals surface area contributed by atoms with E-state index >= 15 is 0 Å². The summed E-state index contributed by atoms with van der Waals surface area (Å²) >= 11 is 0. The van der Waals surface area contributed by atoms with Crippen LogP contribution in [0.15, 0.2) is 12.1 Å². The van der Waals surface area contributed by atoms with Crippen LogP contribution in [0.5, 0.6) is 11.5 Å².